The van der Waals surface area contributed by atoms with E-state index in [1.807, 2.05) is 148 Å². The summed E-state index contributed by atoms with van der Waals surface area (Å²) in [4.78, 5) is 0. The molecular weight excluding hydrogens is 775 g/mol. The zero-order chi connectivity index (χ0) is 55.3. The fraction of sp³-hybridized carbons (Fsp3) is 0.164. The van der Waals surface area contributed by atoms with Gasteiger partial charge in [0.25, 0.3) is 0 Å². The van der Waals surface area contributed by atoms with E-state index in [-0.39, 0.29) is 5.56 Å². The molecule has 0 saturated carbocycles. The Morgan fingerprint density at radius 3 is 1.17 bits per heavy atom. The molecule has 0 spiro atoms. The summed E-state index contributed by atoms with van der Waals surface area (Å²) in [5.41, 5.74) is 15.6. The van der Waals surface area contributed by atoms with E-state index in [9.17, 15) is 0 Å². The molecule has 0 aliphatic carbocycles. The van der Waals surface area contributed by atoms with Crippen molar-refractivity contribution in [2.75, 3.05) is 0 Å². The first-order valence-corrected chi connectivity index (χ1v) is 21.3. The fourth-order valence-corrected chi connectivity index (χ4v) is 7.96. The molecule has 0 bridgehead atoms. The number of hydrogen-bond acceptors (Lipinski definition) is 0. The van der Waals surface area contributed by atoms with Crippen molar-refractivity contribution in [1.29, 1.82) is 0 Å². The molecule has 0 aliphatic rings. The summed E-state index contributed by atoms with van der Waals surface area (Å²) in [7, 11) is 5.70. The Kier molecular flexibility index (Phi) is 10.0. The zero-order valence-electron chi connectivity index (χ0n) is 49.3. The molecule has 0 N–H and O–H groups in total. The topological polar surface area (TPSA) is 11.6 Å². The van der Waals surface area contributed by atoms with E-state index in [4.69, 9.17) is 16.4 Å². The maximum absolute atomic E-state index is 7.93. The van der Waals surface area contributed by atoms with Crippen molar-refractivity contribution < 1.29 is 30.2 Å². The Morgan fingerprint density at radius 2 is 0.734 bits per heavy atom. The van der Waals surface area contributed by atoms with E-state index >= 15 is 0 Å². The van der Waals surface area contributed by atoms with Gasteiger partial charge in [0.05, 0.1) is 0 Å². The predicted octanol–water partition coefficient (Wildman–Crippen LogP) is 13.7. The molecule has 3 heteroatoms. The highest BCUT2D eigenvalue weighted by Gasteiger charge is 2.18. The van der Waals surface area contributed by atoms with E-state index in [1.54, 1.807) is 54.3 Å². The van der Waals surface area contributed by atoms with Gasteiger partial charge in [-0.05, 0) is 116 Å². The van der Waals surface area contributed by atoms with Crippen LogP contribution in [0.4, 0.5) is 0 Å². The first-order chi connectivity index (χ1) is 35.7. The summed E-state index contributed by atoms with van der Waals surface area (Å²) in [6.45, 7) is -2.75. The van der Waals surface area contributed by atoms with Gasteiger partial charge in [-0.15, -0.1) is 0 Å². The lowest BCUT2D eigenvalue weighted by molar-refractivity contribution is -0.660. The van der Waals surface area contributed by atoms with Gasteiger partial charge in [-0.2, -0.15) is 0 Å². The third-order valence-electron chi connectivity index (χ3n) is 11.4. The van der Waals surface area contributed by atoms with Crippen LogP contribution in [0.2, 0.25) is 0 Å². The maximum Gasteiger partial charge on any atom is 0.213 e. The monoisotopic (exact) mass is 849 g/mol. The highest BCUT2D eigenvalue weighted by Crippen LogP contribution is 2.30. The Bertz CT molecular complexity index is 3470. The third-order valence-corrected chi connectivity index (χ3v) is 11.4. The number of hydrogen-bond donors (Lipinski definition) is 0. The van der Waals surface area contributed by atoms with Crippen LogP contribution in [-0.4, -0.2) is 0 Å². The highest BCUT2D eigenvalue weighted by atomic mass is 14.9. The van der Waals surface area contributed by atoms with Gasteiger partial charge in [0.2, 0.25) is 17.1 Å². The van der Waals surface area contributed by atoms with E-state index in [0.29, 0.717) is 22.3 Å². The molecule has 0 aliphatic heterocycles. The van der Waals surface area contributed by atoms with Gasteiger partial charge in [0, 0.05) is 68.5 Å². The summed E-state index contributed by atoms with van der Waals surface area (Å²) in [6.07, 6.45) is 5.41. The minimum atomic E-state index is -2.25. The van der Waals surface area contributed by atoms with Crippen molar-refractivity contribution in [3.8, 4) is 67.2 Å². The molecule has 3 nitrogen and oxygen atoms in total. The van der Waals surface area contributed by atoms with Crippen LogP contribution in [0.5, 0.6) is 0 Å². The summed E-state index contributed by atoms with van der Waals surface area (Å²) in [5, 5.41) is 0. The Balaban J connectivity index is 0.000000167. The average Bonchev–Trinajstić information content (AvgIpc) is 3.37. The molecule has 0 amide bonds. The smallest absolute Gasteiger partial charge is 0.201 e. The number of rotatable bonds is 6. The van der Waals surface area contributed by atoms with Crippen LogP contribution in [0.3, 0.4) is 0 Å². The van der Waals surface area contributed by atoms with E-state index in [1.165, 1.54) is 0 Å². The van der Waals surface area contributed by atoms with Gasteiger partial charge < -0.3 is 0 Å². The fourth-order valence-electron chi connectivity index (χ4n) is 7.96. The molecule has 0 unspecified atom stereocenters. The first-order valence-electron chi connectivity index (χ1n) is 27.3. The second kappa shape index (κ2) is 20.3. The van der Waals surface area contributed by atoms with E-state index < -0.39 is 27.4 Å². The van der Waals surface area contributed by atoms with Gasteiger partial charge in [0.15, 0.2) is 18.6 Å². The standard InChI is InChI=1S/C21H22N.2C20H20N/c1-15-10-11-19(16(2)12-15)21-13-20(17(3)14-22(21)4)18-8-6-5-7-9-18;1-15-9-7-8-12-18(15)20-13-19(16(2)14-21(20)3)17-10-5-4-6-11-17;1-15-9-10-19(16(2)13-15)20-14-18(11-12-21(20)3)17-7-5-4-6-8-17/h5-14H,1-4H3;2*4-14H,1-3H3/q3*+1/i1D3,3D3;2D3;1D3. The van der Waals surface area contributed by atoms with Crippen molar-refractivity contribution in [3.05, 3.63) is 233 Å². The SMILES string of the molecule is [2H]C([2H])([2H])c1c[n+](C)c(-c2ccccc2C)cc1-c1ccccc1.[2H]C([2H])([2H])c1ccc(-c2cc(-c3ccccc3)c(C([2H])([2H])[2H])c[n+]2C)c(C)c1.[2H]C([2H])([2H])c1ccc(-c2cc(-c3ccccc3)cc[n+]2C)c(C)c1. The van der Waals surface area contributed by atoms with Gasteiger partial charge in [0.1, 0.15) is 21.1 Å². The summed E-state index contributed by atoms with van der Waals surface area (Å²) >= 11 is 0. The van der Waals surface area contributed by atoms with Crippen LogP contribution in [0.1, 0.15) is 55.4 Å². The largest absolute Gasteiger partial charge is 0.213 e. The maximum atomic E-state index is 7.93. The van der Waals surface area contributed by atoms with E-state index in [0.717, 1.165) is 78.3 Å². The minimum Gasteiger partial charge on any atom is -0.201 e. The van der Waals surface area contributed by atoms with Crippen LogP contribution >= 0.6 is 0 Å². The second-order valence-electron chi connectivity index (χ2n) is 16.1. The second-order valence-corrected chi connectivity index (χ2v) is 16.1. The quantitative estimate of drug-likeness (QED) is 0.148. The third kappa shape index (κ3) is 10.5. The van der Waals surface area contributed by atoms with Crippen molar-refractivity contribution in [2.45, 2.75) is 48.2 Å². The van der Waals surface area contributed by atoms with E-state index in [2.05, 4.69) is 47.9 Å². The summed E-state index contributed by atoms with van der Waals surface area (Å²) in [6, 6.07) is 56.0. The highest BCUT2D eigenvalue weighted by molar-refractivity contribution is 5.74. The van der Waals surface area contributed by atoms with Crippen LogP contribution in [0.25, 0.3) is 67.2 Å². The van der Waals surface area contributed by atoms with Gasteiger partial charge in [-0.1, -0.05) is 145 Å². The van der Waals surface area contributed by atoms with Crippen LogP contribution < -0.4 is 13.7 Å². The zero-order valence-corrected chi connectivity index (χ0v) is 37.3. The predicted molar refractivity (Wildman–Crippen MR) is 269 cm³/mol. The lowest BCUT2D eigenvalue weighted by Crippen LogP contribution is -2.31. The Morgan fingerprint density at radius 1 is 0.312 bits per heavy atom. The summed E-state index contributed by atoms with van der Waals surface area (Å²) < 4.78 is 98.7. The van der Waals surface area contributed by atoms with Crippen LogP contribution in [0, 0.1) is 48.2 Å². The molecule has 0 atom stereocenters. The molecule has 3 aromatic heterocycles. The molecule has 9 rings (SSSR count). The normalized spacial score (nSPS) is 14.2. The average molecular weight is 849 g/mol. The van der Waals surface area contributed by atoms with Gasteiger partial charge in [-0.3, -0.25) is 0 Å². The number of benzene rings is 6. The lowest BCUT2D eigenvalue weighted by atomic mass is 9.97. The van der Waals surface area contributed by atoms with Crippen molar-refractivity contribution in [3.63, 3.8) is 0 Å². The number of nitrogens with zero attached hydrogens (tertiary/aromatic N) is 3. The molecule has 9 aromatic rings. The van der Waals surface area contributed by atoms with Crippen LogP contribution in [-0.2, 0) is 21.1 Å². The van der Waals surface area contributed by atoms with Crippen LogP contribution in [0.15, 0.2) is 195 Å². The molecule has 6 aromatic carbocycles. The molecular formula is C61H62N3+3. The number of aryl methyl sites for hydroxylation is 10. The lowest BCUT2D eigenvalue weighted by Gasteiger charge is -2.10. The summed E-state index contributed by atoms with van der Waals surface area (Å²) in [5.74, 6) is 0. The molecule has 318 valence electrons. The molecule has 3 heterocycles. The van der Waals surface area contributed by atoms with Gasteiger partial charge >= 0.3 is 0 Å². The first kappa shape index (κ1) is 31.6. The van der Waals surface area contributed by atoms with Crippen molar-refractivity contribution in [2.24, 2.45) is 21.1 Å². The number of aromatic nitrogens is 3. The minimum absolute atomic E-state index is 0.279. The Hall–Kier alpha value is -7.23. The van der Waals surface area contributed by atoms with Crippen molar-refractivity contribution in [1.82, 2.24) is 0 Å². The Labute approximate surface area is 399 Å². The molecule has 0 radical (unpaired) electrons. The van der Waals surface area contributed by atoms with Crippen molar-refractivity contribution >= 4 is 0 Å². The van der Waals surface area contributed by atoms with Gasteiger partial charge in [-0.25, -0.2) is 13.7 Å². The number of pyridine rings is 3. The molecule has 0 fully saturated rings. The molecule has 64 heavy (non-hydrogen) atoms. The molecule has 0 saturated heterocycles.